The van der Waals surface area contributed by atoms with Crippen LogP contribution in [0, 0.1) is 0 Å². The Kier molecular flexibility index (Phi) is 3.75. The molecule has 13 heavy (non-hydrogen) atoms. The molecule has 0 saturated carbocycles. The van der Waals surface area contributed by atoms with Crippen LogP contribution >= 0.6 is 22.9 Å². The molecule has 1 rings (SSSR count). The molecular weight excluding hydrogens is 206 g/mol. The van der Waals surface area contributed by atoms with E-state index in [4.69, 9.17) is 11.6 Å². The van der Waals surface area contributed by atoms with Crippen LogP contribution in [0.2, 0.25) is 4.34 Å². The molecule has 0 bridgehead atoms. The average molecular weight is 218 g/mol. The molecule has 1 atom stereocenters. The third-order valence-electron chi connectivity index (χ3n) is 1.79. The first-order valence-electron chi connectivity index (χ1n) is 4.19. The summed E-state index contributed by atoms with van der Waals surface area (Å²) in [6.45, 7) is 4.01. The molecular formula is C9H12ClNOS. The average Bonchev–Trinajstić information content (AvgIpc) is 2.51. The summed E-state index contributed by atoms with van der Waals surface area (Å²) in [4.78, 5) is 12.1. The second kappa shape index (κ2) is 4.63. The maximum absolute atomic E-state index is 11.5. The largest absolute Gasteiger partial charge is 0.349 e. The highest BCUT2D eigenvalue weighted by Gasteiger charge is 2.10. The SMILES string of the molecule is CCC(C)NC(=O)c1ccc(Cl)s1. The van der Waals surface area contributed by atoms with Gasteiger partial charge >= 0.3 is 0 Å². The molecule has 0 spiro atoms. The van der Waals surface area contributed by atoms with Crippen molar-refractivity contribution in [2.75, 3.05) is 0 Å². The zero-order valence-corrected chi connectivity index (χ0v) is 9.21. The number of halogens is 1. The van der Waals surface area contributed by atoms with Crippen molar-refractivity contribution in [2.45, 2.75) is 26.3 Å². The number of nitrogens with one attached hydrogen (secondary N) is 1. The smallest absolute Gasteiger partial charge is 0.261 e. The first kappa shape index (κ1) is 10.5. The van der Waals surface area contributed by atoms with Gasteiger partial charge in [0.2, 0.25) is 0 Å². The summed E-state index contributed by atoms with van der Waals surface area (Å²) in [6.07, 6.45) is 0.935. The molecule has 0 saturated heterocycles. The molecule has 1 aromatic rings. The van der Waals surface area contributed by atoms with Gasteiger partial charge in [0.1, 0.15) is 0 Å². The van der Waals surface area contributed by atoms with Crippen molar-refractivity contribution in [3.8, 4) is 0 Å². The Balaban J connectivity index is 2.58. The van der Waals surface area contributed by atoms with Gasteiger partial charge in [0, 0.05) is 6.04 Å². The highest BCUT2D eigenvalue weighted by molar-refractivity contribution is 7.17. The maximum atomic E-state index is 11.5. The zero-order chi connectivity index (χ0) is 9.84. The minimum absolute atomic E-state index is 0.0359. The van der Waals surface area contributed by atoms with Crippen LogP contribution in [0.1, 0.15) is 29.9 Å². The number of thiophene rings is 1. The Labute approximate surface area is 86.9 Å². The number of carbonyl (C=O) groups is 1. The summed E-state index contributed by atoms with van der Waals surface area (Å²) in [7, 11) is 0. The number of carbonyl (C=O) groups excluding carboxylic acids is 1. The lowest BCUT2D eigenvalue weighted by molar-refractivity contribution is 0.0943. The van der Waals surface area contributed by atoms with Gasteiger partial charge in [-0.3, -0.25) is 4.79 Å². The fraction of sp³-hybridized carbons (Fsp3) is 0.444. The molecule has 1 heterocycles. The van der Waals surface area contributed by atoms with Gasteiger partial charge in [-0.2, -0.15) is 0 Å². The lowest BCUT2D eigenvalue weighted by atomic mass is 10.2. The zero-order valence-electron chi connectivity index (χ0n) is 7.63. The molecule has 1 N–H and O–H groups in total. The van der Waals surface area contributed by atoms with Crippen molar-refractivity contribution in [3.63, 3.8) is 0 Å². The summed E-state index contributed by atoms with van der Waals surface area (Å²) in [5.74, 6) is -0.0359. The van der Waals surface area contributed by atoms with E-state index in [2.05, 4.69) is 5.32 Å². The Morgan fingerprint density at radius 3 is 2.85 bits per heavy atom. The minimum atomic E-state index is -0.0359. The maximum Gasteiger partial charge on any atom is 0.261 e. The summed E-state index contributed by atoms with van der Waals surface area (Å²) < 4.78 is 0.648. The number of rotatable bonds is 3. The first-order chi connectivity index (χ1) is 6.13. The van der Waals surface area contributed by atoms with Crippen LogP contribution < -0.4 is 5.32 Å². The summed E-state index contributed by atoms with van der Waals surface area (Å²) >= 11 is 7.02. The Bertz CT molecular complexity index is 298. The predicted molar refractivity (Wildman–Crippen MR) is 56.5 cm³/mol. The van der Waals surface area contributed by atoms with Gasteiger partial charge in [0.05, 0.1) is 9.21 Å². The van der Waals surface area contributed by atoms with Gasteiger partial charge in [0.15, 0.2) is 0 Å². The molecule has 1 aromatic heterocycles. The van der Waals surface area contributed by atoms with Crippen LogP contribution in [0.15, 0.2) is 12.1 Å². The van der Waals surface area contributed by atoms with Crippen molar-refractivity contribution < 1.29 is 4.79 Å². The van der Waals surface area contributed by atoms with E-state index in [1.807, 2.05) is 13.8 Å². The molecule has 0 fully saturated rings. The third kappa shape index (κ3) is 3.01. The van der Waals surface area contributed by atoms with E-state index in [9.17, 15) is 4.79 Å². The summed E-state index contributed by atoms with van der Waals surface area (Å²) in [5.41, 5.74) is 0. The van der Waals surface area contributed by atoms with E-state index in [-0.39, 0.29) is 11.9 Å². The van der Waals surface area contributed by atoms with E-state index >= 15 is 0 Å². The van der Waals surface area contributed by atoms with Gasteiger partial charge in [-0.25, -0.2) is 0 Å². The molecule has 0 aliphatic rings. The number of amides is 1. The predicted octanol–water partition coefficient (Wildman–Crippen LogP) is 2.93. The van der Waals surface area contributed by atoms with Gasteiger partial charge in [-0.05, 0) is 25.5 Å². The molecule has 72 valence electrons. The molecule has 0 aromatic carbocycles. The number of hydrogen-bond acceptors (Lipinski definition) is 2. The van der Waals surface area contributed by atoms with Gasteiger partial charge in [0.25, 0.3) is 5.91 Å². The molecule has 0 radical (unpaired) electrons. The quantitative estimate of drug-likeness (QED) is 0.829. The van der Waals surface area contributed by atoms with E-state index in [0.717, 1.165) is 6.42 Å². The molecule has 0 aliphatic carbocycles. The van der Waals surface area contributed by atoms with Gasteiger partial charge in [-0.1, -0.05) is 18.5 Å². The molecule has 2 nitrogen and oxygen atoms in total. The van der Waals surface area contributed by atoms with Gasteiger partial charge < -0.3 is 5.32 Å². The minimum Gasteiger partial charge on any atom is -0.349 e. The second-order valence-electron chi connectivity index (χ2n) is 2.89. The van der Waals surface area contributed by atoms with Crippen molar-refractivity contribution in [1.29, 1.82) is 0 Å². The van der Waals surface area contributed by atoms with Crippen molar-refractivity contribution in [2.24, 2.45) is 0 Å². The molecule has 1 amide bonds. The van der Waals surface area contributed by atoms with E-state index in [1.165, 1.54) is 11.3 Å². The fourth-order valence-electron chi connectivity index (χ4n) is 0.833. The van der Waals surface area contributed by atoms with E-state index < -0.39 is 0 Å². The highest BCUT2D eigenvalue weighted by Crippen LogP contribution is 2.21. The topological polar surface area (TPSA) is 29.1 Å². The van der Waals surface area contributed by atoms with Gasteiger partial charge in [-0.15, -0.1) is 11.3 Å². The van der Waals surface area contributed by atoms with Crippen LogP contribution in [-0.2, 0) is 0 Å². The molecule has 1 unspecified atom stereocenters. The van der Waals surface area contributed by atoms with Crippen LogP contribution in [0.3, 0.4) is 0 Å². The summed E-state index contributed by atoms with van der Waals surface area (Å²) in [6, 6.07) is 3.69. The van der Waals surface area contributed by atoms with E-state index in [0.29, 0.717) is 9.21 Å². The van der Waals surface area contributed by atoms with E-state index in [1.54, 1.807) is 12.1 Å². The Hall–Kier alpha value is -0.540. The first-order valence-corrected chi connectivity index (χ1v) is 5.39. The monoisotopic (exact) mass is 217 g/mol. The lowest BCUT2D eigenvalue weighted by Crippen LogP contribution is -2.31. The molecule has 4 heteroatoms. The Morgan fingerprint density at radius 1 is 1.69 bits per heavy atom. The van der Waals surface area contributed by atoms with Crippen LogP contribution in [0.5, 0.6) is 0 Å². The van der Waals surface area contributed by atoms with Crippen LogP contribution in [0.4, 0.5) is 0 Å². The standard InChI is InChI=1S/C9H12ClNOS/c1-3-6(2)11-9(12)7-4-5-8(10)13-7/h4-6H,3H2,1-2H3,(H,11,12). The molecule has 0 aliphatic heterocycles. The lowest BCUT2D eigenvalue weighted by Gasteiger charge is -2.09. The van der Waals surface area contributed by atoms with Crippen LogP contribution in [-0.4, -0.2) is 11.9 Å². The highest BCUT2D eigenvalue weighted by atomic mass is 35.5. The summed E-state index contributed by atoms with van der Waals surface area (Å²) in [5, 5.41) is 2.87. The Morgan fingerprint density at radius 2 is 2.38 bits per heavy atom. The second-order valence-corrected chi connectivity index (χ2v) is 4.60. The van der Waals surface area contributed by atoms with Crippen LogP contribution in [0.25, 0.3) is 0 Å². The fourth-order valence-corrected chi connectivity index (χ4v) is 1.78. The normalized spacial score (nSPS) is 12.5. The van der Waals surface area contributed by atoms with Crippen molar-refractivity contribution in [1.82, 2.24) is 5.32 Å². The third-order valence-corrected chi connectivity index (χ3v) is 3.02. The van der Waals surface area contributed by atoms with Crippen molar-refractivity contribution in [3.05, 3.63) is 21.3 Å². The van der Waals surface area contributed by atoms with Crippen molar-refractivity contribution >= 4 is 28.8 Å². The number of hydrogen-bond donors (Lipinski definition) is 1.